The minimum absolute atomic E-state index is 0.0565. The van der Waals surface area contributed by atoms with E-state index in [1.807, 2.05) is 42.6 Å². The van der Waals surface area contributed by atoms with Crippen molar-refractivity contribution in [3.8, 4) is 5.69 Å². The summed E-state index contributed by atoms with van der Waals surface area (Å²) in [5.41, 5.74) is 3.21. The lowest BCUT2D eigenvalue weighted by atomic mass is 10.2. The number of hydrogen-bond acceptors (Lipinski definition) is 3. The number of para-hydroxylation sites is 1. The van der Waals surface area contributed by atoms with Gasteiger partial charge in [-0.15, -0.1) is 0 Å². The highest BCUT2D eigenvalue weighted by Gasteiger charge is 2.23. The van der Waals surface area contributed by atoms with E-state index >= 15 is 0 Å². The molecule has 1 saturated heterocycles. The van der Waals surface area contributed by atoms with Crippen LogP contribution in [0.4, 0.5) is 0 Å². The fraction of sp³-hybridized carbons (Fsp3) is 0.217. The van der Waals surface area contributed by atoms with Gasteiger partial charge in [0.25, 0.3) is 0 Å². The summed E-state index contributed by atoms with van der Waals surface area (Å²) in [7, 11) is 0. The van der Waals surface area contributed by atoms with Gasteiger partial charge in [0.15, 0.2) is 0 Å². The van der Waals surface area contributed by atoms with Crippen LogP contribution < -0.4 is 5.32 Å². The van der Waals surface area contributed by atoms with Crippen molar-refractivity contribution in [2.75, 3.05) is 13.1 Å². The summed E-state index contributed by atoms with van der Waals surface area (Å²) < 4.78 is 1.80. The van der Waals surface area contributed by atoms with Gasteiger partial charge in [0.2, 0.25) is 5.91 Å². The van der Waals surface area contributed by atoms with E-state index < -0.39 is 0 Å². The van der Waals surface area contributed by atoms with E-state index in [1.165, 1.54) is 5.56 Å². The molecule has 1 aliphatic heterocycles. The quantitative estimate of drug-likeness (QED) is 0.676. The molecular formula is C23H24N4O. The van der Waals surface area contributed by atoms with Crippen LogP contribution in [0, 0.1) is 0 Å². The SMILES string of the molecule is O=C(C=Cc1cnn(-c2ccccc2)c1)NC1CCN(Cc2ccccc2)C1. The van der Waals surface area contributed by atoms with Crippen molar-refractivity contribution >= 4 is 12.0 Å². The van der Waals surface area contributed by atoms with Crippen molar-refractivity contribution in [1.29, 1.82) is 0 Å². The van der Waals surface area contributed by atoms with E-state index in [0.29, 0.717) is 0 Å². The molecule has 0 bridgehead atoms. The van der Waals surface area contributed by atoms with Crippen LogP contribution >= 0.6 is 0 Å². The van der Waals surface area contributed by atoms with Crippen LogP contribution in [-0.4, -0.2) is 39.7 Å². The third-order valence-electron chi connectivity index (χ3n) is 4.92. The number of rotatable bonds is 6. The predicted octanol–water partition coefficient (Wildman–Crippen LogP) is 3.28. The van der Waals surface area contributed by atoms with Gasteiger partial charge in [0, 0.05) is 43.5 Å². The standard InChI is InChI=1S/C23H24N4O/c28-23(12-11-20-15-24-27(17-20)22-9-5-2-6-10-22)25-21-13-14-26(18-21)16-19-7-3-1-4-8-19/h1-12,15,17,21H,13-14,16,18H2,(H,25,28). The fourth-order valence-electron chi connectivity index (χ4n) is 3.50. The molecule has 1 N–H and O–H groups in total. The molecule has 5 nitrogen and oxygen atoms in total. The molecule has 0 radical (unpaired) electrons. The normalized spacial score (nSPS) is 17.2. The Balaban J connectivity index is 1.27. The molecule has 4 rings (SSSR count). The zero-order chi connectivity index (χ0) is 19.2. The minimum atomic E-state index is -0.0565. The van der Waals surface area contributed by atoms with Gasteiger partial charge in [-0.2, -0.15) is 5.10 Å². The zero-order valence-corrected chi connectivity index (χ0v) is 15.7. The molecule has 2 aromatic carbocycles. The first-order valence-electron chi connectivity index (χ1n) is 9.61. The van der Waals surface area contributed by atoms with Crippen molar-refractivity contribution in [2.24, 2.45) is 0 Å². The Morgan fingerprint density at radius 2 is 1.86 bits per heavy atom. The average Bonchev–Trinajstić information content (AvgIpc) is 3.38. The molecule has 0 spiro atoms. The van der Waals surface area contributed by atoms with Gasteiger partial charge < -0.3 is 5.32 Å². The van der Waals surface area contributed by atoms with E-state index in [1.54, 1.807) is 23.0 Å². The second-order valence-corrected chi connectivity index (χ2v) is 7.10. The Kier molecular flexibility index (Phi) is 5.64. The molecule has 1 aliphatic rings. The average molecular weight is 372 g/mol. The van der Waals surface area contributed by atoms with Crippen LogP contribution in [0.25, 0.3) is 11.8 Å². The number of amides is 1. The molecule has 28 heavy (non-hydrogen) atoms. The molecule has 1 unspecified atom stereocenters. The van der Waals surface area contributed by atoms with Crippen LogP contribution in [0.5, 0.6) is 0 Å². The van der Waals surface area contributed by atoms with E-state index in [0.717, 1.165) is 37.3 Å². The Morgan fingerprint density at radius 1 is 1.11 bits per heavy atom. The zero-order valence-electron chi connectivity index (χ0n) is 15.7. The maximum atomic E-state index is 12.3. The predicted molar refractivity (Wildman–Crippen MR) is 111 cm³/mol. The second-order valence-electron chi connectivity index (χ2n) is 7.10. The lowest BCUT2D eigenvalue weighted by molar-refractivity contribution is -0.117. The number of hydrogen-bond donors (Lipinski definition) is 1. The summed E-state index contributed by atoms with van der Waals surface area (Å²) in [6, 6.07) is 20.6. The van der Waals surface area contributed by atoms with Crippen molar-refractivity contribution < 1.29 is 4.79 Å². The van der Waals surface area contributed by atoms with Crippen LogP contribution in [-0.2, 0) is 11.3 Å². The van der Waals surface area contributed by atoms with Gasteiger partial charge in [-0.3, -0.25) is 9.69 Å². The topological polar surface area (TPSA) is 50.2 Å². The highest BCUT2D eigenvalue weighted by Crippen LogP contribution is 2.14. The molecule has 142 valence electrons. The third-order valence-corrected chi connectivity index (χ3v) is 4.92. The van der Waals surface area contributed by atoms with Crippen molar-refractivity contribution in [1.82, 2.24) is 20.0 Å². The number of benzene rings is 2. The number of carbonyl (C=O) groups is 1. The fourth-order valence-corrected chi connectivity index (χ4v) is 3.50. The molecule has 1 atom stereocenters. The first-order valence-corrected chi connectivity index (χ1v) is 9.61. The first kappa shape index (κ1) is 18.2. The van der Waals surface area contributed by atoms with E-state index in [-0.39, 0.29) is 11.9 Å². The number of likely N-dealkylation sites (tertiary alicyclic amines) is 1. The van der Waals surface area contributed by atoms with Gasteiger partial charge in [-0.1, -0.05) is 48.5 Å². The Labute approximate surface area is 165 Å². The van der Waals surface area contributed by atoms with Gasteiger partial charge in [0.05, 0.1) is 11.9 Å². The van der Waals surface area contributed by atoms with E-state index in [4.69, 9.17) is 0 Å². The summed E-state index contributed by atoms with van der Waals surface area (Å²) in [6.45, 7) is 2.83. The summed E-state index contributed by atoms with van der Waals surface area (Å²) in [5, 5.41) is 7.45. The molecule has 2 heterocycles. The number of aromatic nitrogens is 2. The number of carbonyl (C=O) groups excluding carboxylic acids is 1. The molecule has 1 fully saturated rings. The van der Waals surface area contributed by atoms with Gasteiger partial charge in [-0.05, 0) is 30.2 Å². The van der Waals surface area contributed by atoms with Gasteiger partial charge >= 0.3 is 0 Å². The Bertz CT molecular complexity index is 934. The van der Waals surface area contributed by atoms with Crippen molar-refractivity contribution in [3.05, 3.63) is 90.3 Å². The molecule has 5 heteroatoms. The summed E-state index contributed by atoms with van der Waals surface area (Å²) >= 11 is 0. The largest absolute Gasteiger partial charge is 0.348 e. The van der Waals surface area contributed by atoms with Crippen molar-refractivity contribution in [2.45, 2.75) is 19.0 Å². The maximum absolute atomic E-state index is 12.3. The van der Waals surface area contributed by atoms with Crippen LogP contribution in [0.15, 0.2) is 79.1 Å². The highest BCUT2D eigenvalue weighted by atomic mass is 16.1. The van der Waals surface area contributed by atoms with Crippen molar-refractivity contribution in [3.63, 3.8) is 0 Å². The minimum Gasteiger partial charge on any atom is -0.348 e. The van der Waals surface area contributed by atoms with Crippen LogP contribution in [0.3, 0.4) is 0 Å². The molecular weight excluding hydrogens is 348 g/mol. The monoisotopic (exact) mass is 372 g/mol. The summed E-state index contributed by atoms with van der Waals surface area (Å²) in [4.78, 5) is 14.7. The van der Waals surface area contributed by atoms with E-state index in [9.17, 15) is 4.79 Å². The van der Waals surface area contributed by atoms with Crippen LogP contribution in [0.1, 0.15) is 17.5 Å². The lowest BCUT2D eigenvalue weighted by Gasteiger charge is -2.16. The highest BCUT2D eigenvalue weighted by molar-refractivity contribution is 5.91. The molecule has 0 saturated carbocycles. The first-order chi connectivity index (χ1) is 13.8. The molecule has 1 aromatic heterocycles. The lowest BCUT2D eigenvalue weighted by Crippen LogP contribution is -2.35. The molecule has 1 amide bonds. The summed E-state index contributed by atoms with van der Waals surface area (Å²) in [5.74, 6) is -0.0565. The molecule has 0 aliphatic carbocycles. The summed E-state index contributed by atoms with van der Waals surface area (Å²) in [6.07, 6.45) is 8.05. The Hall–Kier alpha value is -3.18. The second kappa shape index (κ2) is 8.67. The van der Waals surface area contributed by atoms with E-state index in [2.05, 4.69) is 39.6 Å². The van der Waals surface area contributed by atoms with Crippen LogP contribution in [0.2, 0.25) is 0 Å². The third kappa shape index (κ3) is 4.75. The maximum Gasteiger partial charge on any atom is 0.244 e. The van der Waals surface area contributed by atoms with Gasteiger partial charge in [0.1, 0.15) is 0 Å². The molecule has 3 aromatic rings. The number of nitrogens with zero attached hydrogens (tertiary/aromatic N) is 3. The number of nitrogens with one attached hydrogen (secondary N) is 1. The Morgan fingerprint density at radius 3 is 2.64 bits per heavy atom. The van der Waals surface area contributed by atoms with Gasteiger partial charge in [-0.25, -0.2) is 4.68 Å². The smallest absolute Gasteiger partial charge is 0.244 e.